The Kier molecular flexibility index (Phi) is 4.89. The molecule has 0 aliphatic carbocycles. The molecular weight excluding hydrogens is 343 g/mol. The summed E-state index contributed by atoms with van der Waals surface area (Å²) in [6.45, 7) is 1.28. The Bertz CT molecular complexity index is 1060. The molecule has 0 aliphatic rings. The zero-order valence-corrected chi connectivity index (χ0v) is 15.0. The van der Waals surface area contributed by atoms with Crippen molar-refractivity contribution >= 4 is 10.9 Å². The van der Waals surface area contributed by atoms with E-state index in [1.807, 2.05) is 43.6 Å². The lowest BCUT2D eigenvalue weighted by Gasteiger charge is -2.15. The van der Waals surface area contributed by atoms with Gasteiger partial charge in [-0.3, -0.25) is 9.88 Å². The summed E-state index contributed by atoms with van der Waals surface area (Å²) in [6, 6.07) is 16.6. The van der Waals surface area contributed by atoms with Gasteiger partial charge in [-0.2, -0.15) is 4.98 Å². The van der Waals surface area contributed by atoms with Crippen molar-refractivity contribution in [3.8, 4) is 0 Å². The molecule has 136 valence electrons. The van der Waals surface area contributed by atoms with Gasteiger partial charge in [0, 0.05) is 24.5 Å². The topological polar surface area (TPSA) is 55.1 Å². The quantitative estimate of drug-likeness (QED) is 0.519. The Balaban J connectivity index is 1.42. The number of benzene rings is 2. The molecule has 27 heavy (non-hydrogen) atoms. The predicted molar refractivity (Wildman–Crippen MR) is 100 cm³/mol. The van der Waals surface area contributed by atoms with E-state index >= 15 is 0 Å². The molecule has 0 fully saturated rings. The third kappa shape index (κ3) is 4.17. The highest BCUT2D eigenvalue weighted by Crippen LogP contribution is 2.18. The molecule has 6 heteroatoms. The first-order valence-electron chi connectivity index (χ1n) is 8.74. The van der Waals surface area contributed by atoms with Gasteiger partial charge < -0.3 is 4.52 Å². The maximum absolute atomic E-state index is 13.3. The Morgan fingerprint density at radius 1 is 1.04 bits per heavy atom. The van der Waals surface area contributed by atoms with Crippen LogP contribution in [-0.2, 0) is 19.5 Å². The largest absolute Gasteiger partial charge is 0.338 e. The second-order valence-electron chi connectivity index (χ2n) is 6.57. The molecule has 2 aromatic carbocycles. The Morgan fingerprint density at radius 3 is 2.81 bits per heavy atom. The molecule has 0 atom stereocenters. The lowest BCUT2D eigenvalue weighted by molar-refractivity contribution is 0.261. The van der Waals surface area contributed by atoms with E-state index in [4.69, 9.17) is 4.52 Å². The van der Waals surface area contributed by atoms with Crippen LogP contribution in [-0.4, -0.2) is 27.1 Å². The van der Waals surface area contributed by atoms with E-state index in [0.29, 0.717) is 24.7 Å². The van der Waals surface area contributed by atoms with Gasteiger partial charge in [-0.25, -0.2) is 4.39 Å². The van der Waals surface area contributed by atoms with Gasteiger partial charge in [-0.15, -0.1) is 0 Å². The first-order valence-corrected chi connectivity index (χ1v) is 8.74. The van der Waals surface area contributed by atoms with Gasteiger partial charge in [0.15, 0.2) is 5.82 Å². The molecule has 0 radical (unpaired) electrons. The number of hydrogen-bond acceptors (Lipinski definition) is 5. The number of pyridine rings is 1. The molecular formula is C21H19FN4O. The van der Waals surface area contributed by atoms with Gasteiger partial charge in [0.05, 0.1) is 12.1 Å². The fourth-order valence-corrected chi connectivity index (χ4v) is 3.13. The fourth-order valence-electron chi connectivity index (χ4n) is 3.13. The summed E-state index contributed by atoms with van der Waals surface area (Å²) in [5.74, 6) is 0.834. The SMILES string of the molecule is CN(Cc1nc(Cc2cccc(F)c2)no1)Cc1ccnc2ccccc12. The van der Waals surface area contributed by atoms with Crippen LogP contribution >= 0.6 is 0 Å². The molecule has 0 spiro atoms. The number of rotatable bonds is 6. The van der Waals surface area contributed by atoms with E-state index in [0.717, 1.165) is 23.0 Å². The summed E-state index contributed by atoms with van der Waals surface area (Å²) in [6.07, 6.45) is 2.27. The minimum Gasteiger partial charge on any atom is -0.338 e. The molecule has 2 aromatic heterocycles. The molecule has 0 aliphatic heterocycles. The molecule has 4 rings (SSSR count). The zero-order valence-electron chi connectivity index (χ0n) is 15.0. The van der Waals surface area contributed by atoms with E-state index in [1.54, 1.807) is 6.07 Å². The second-order valence-corrected chi connectivity index (χ2v) is 6.57. The number of aromatic nitrogens is 3. The minimum atomic E-state index is -0.263. The predicted octanol–water partition coefficient (Wildman–Crippen LogP) is 3.98. The van der Waals surface area contributed by atoms with Crippen LogP contribution in [0.3, 0.4) is 0 Å². The van der Waals surface area contributed by atoms with Crippen molar-refractivity contribution in [2.24, 2.45) is 0 Å². The van der Waals surface area contributed by atoms with E-state index in [1.165, 1.54) is 17.7 Å². The highest BCUT2D eigenvalue weighted by Gasteiger charge is 2.12. The average Bonchev–Trinajstić information content (AvgIpc) is 3.08. The standard InChI is InChI=1S/C21H19FN4O/c1-26(13-16-9-10-23-19-8-3-2-7-18(16)19)14-21-24-20(25-27-21)12-15-5-4-6-17(22)11-15/h2-11H,12-14H2,1H3. The highest BCUT2D eigenvalue weighted by molar-refractivity contribution is 5.81. The summed E-state index contributed by atoms with van der Waals surface area (Å²) in [4.78, 5) is 10.9. The van der Waals surface area contributed by atoms with Crippen LogP contribution in [0.15, 0.2) is 65.3 Å². The van der Waals surface area contributed by atoms with Crippen LogP contribution in [0.25, 0.3) is 10.9 Å². The van der Waals surface area contributed by atoms with E-state index in [-0.39, 0.29) is 5.82 Å². The zero-order chi connectivity index (χ0) is 18.6. The summed E-state index contributed by atoms with van der Waals surface area (Å²) < 4.78 is 18.6. The molecule has 0 N–H and O–H groups in total. The Hall–Kier alpha value is -3.12. The summed E-state index contributed by atoms with van der Waals surface area (Å²) in [7, 11) is 2.01. The van der Waals surface area contributed by atoms with Gasteiger partial charge in [0.25, 0.3) is 0 Å². The van der Waals surface area contributed by atoms with Gasteiger partial charge >= 0.3 is 0 Å². The van der Waals surface area contributed by atoms with Gasteiger partial charge in [0.2, 0.25) is 5.89 Å². The molecule has 0 saturated carbocycles. The molecule has 2 heterocycles. The molecule has 0 saturated heterocycles. The van der Waals surface area contributed by atoms with Crippen molar-refractivity contribution in [2.45, 2.75) is 19.5 Å². The van der Waals surface area contributed by atoms with E-state index in [2.05, 4.69) is 26.1 Å². The maximum atomic E-state index is 13.3. The molecule has 0 bridgehead atoms. The smallest absolute Gasteiger partial charge is 0.240 e. The summed E-state index contributed by atoms with van der Waals surface area (Å²) in [5, 5.41) is 5.15. The van der Waals surface area contributed by atoms with Crippen LogP contribution in [0.4, 0.5) is 4.39 Å². The van der Waals surface area contributed by atoms with Crippen LogP contribution in [0.1, 0.15) is 22.8 Å². The number of halogens is 1. The lowest BCUT2D eigenvalue weighted by Crippen LogP contribution is -2.17. The number of nitrogens with zero attached hydrogens (tertiary/aromatic N) is 4. The molecule has 4 aromatic rings. The summed E-state index contributed by atoms with van der Waals surface area (Å²) in [5.41, 5.74) is 3.00. The van der Waals surface area contributed by atoms with Crippen LogP contribution in [0.5, 0.6) is 0 Å². The van der Waals surface area contributed by atoms with Gasteiger partial charge in [-0.05, 0) is 42.4 Å². The van der Waals surface area contributed by atoms with Gasteiger partial charge in [0.1, 0.15) is 5.82 Å². The normalized spacial score (nSPS) is 11.4. The van der Waals surface area contributed by atoms with Crippen molar-refractivity contribution in [1.29, 1.82) is 0 Å². The van der Waals surface area contributed by atoms with Crippen LogP contribution < -0.4 is 0 Å². The highest BCUT2D eigenvalue weighted by atomic mass is 19.1. The second kappa shape index (κ2) is 7.63. The molecule has 5 nitrogen and oxygen atoms in total. The third-order valence-electron chi connectivity index (χ3n) is 4.35. The van der Waals surface area contributed by atoms with Crippen molar-refractivity contribution in [2.75, 3.05) is 7.05 Å². The van der Waals surface area contributed by atoms with Crippen molar-refractivity contribution in [3.63, 3.8) is 0 Å². The first-order chi connectivity index (χ1) is 13.2. The van der Waals surface area contributed by atoms with Crippen molar-refractivity contribution in [1.82, 2.24) is 20.0 Å². The van der Waals surface area contributed by atoms with Crippen molar-refractivity contribution < 1.29 is 8.91 Å². The van der Waals surface area contributed by atoms with E-state index < -0.39 is 0 Å². The fraction of sp³-hybridized carbons (Fsp3) is 0.190. The first kappa shape index (κ1) is 17.3. The maximum Gasteiger partial charge on any atom is 0.240 e. The summed E-state index contributed by atoms with van der Waals surface area (Å²) >= 11 is 0. The van der Waals surface area contributed by atoms with E-state index in [9.17, 15) is 4.39 Å². The van der Waals surface area contributed by atoms with Crippen LogP contribution in [0.2, 0.25) is 0 Å². The lowest BCUT2D eigenvalue weighted by atomic mass is 10.1. The number of para-hydroxylation sites is 1. The minimum absolute atomic E-state index is 0.263. The molecule has 0 amide bonds. The Morgan fingerprint density at radius 2 is 1.93 bits per heavy atom. The average molecular weight is 362 g/mol. The molecule has 0 unspecified atom stereocenters. The Labute approximate surface area is 156 Å². The number of fused-ring (bicyclic) bond motifs is 1. The van der Waals surface area contributed by atoms with Crippen LogP contribution in [0, 0.1) is 5.82 Å². The van der Waals surface area contributed by atoms with Gasteiger partial charge in [-0.1, -0.05) is 35.5 Å². The third-order valence-corrected chi connectivity index (χ3v) is 4.35. The monoisotopic (exact) mass is 362 g/mol. The van der Waals surface area contributed by atoms with Crippen molar-refractivity contribution in [3.05, 3.63) is 89.5 Å². The number of hydrogen-bond donors (Lipinski definition) is 0.